The first-order chi connectivity index (χ1) is 38.4. The first-order valence-corrected chi connectivity index (χ1v) is 26.0. The van der Waals surface area contributed by atoms with Crippen molar-refractivity contribution in [2.45, 2.75) is 32.2 Å². The van der Waals surface area contributed by atoms with Gasteiger partial charge in [-0.1, -0.05) is 128 Å². The summed E-state index contributed by atoms with van der Waals surface area (Å²) in [5.74, 6) is 0.145. The van der Waals surface area contributed by atoms with E-state index in [2.05, 4.69) is 38.2 Å². The molecule has 8 N–H and O–H groups in total. The molecule has 0 saturated carbocycles. The Morgan fingerprint density at radius 3 is 1.46 bits per heavy atom. The number of ether oxygens (including phenoxy) is 2. The third kappa shape index (κ3) is 14.6. The lowest BCUT2D eigenvalue weighted by Gasteiger charge is -2.16. The molecule has 10 rings (SSSR count). The van der Waals surface area contributed by atoms with Crippen LogP contribution in [0, 0.1) is 0 Å². The molecular weight excluding hydrogens is 1020 g/mol. The van der Waals surface area contributed by atoms with E-state index in [1.807, 2.05) is 121 Å². The van der Waals surface area contributed by atoms with Crippen molar-refractivity contribution in [2.75, 3.05) is 30.4 Å². The highest BCUT2D eigenvalue weighted by atomic mass is 35.5. The Bertz CT molecular complexity index is 3660. The molecule has 0 aliphatic rings. The third-order valence-corrected chi connectivity index (χ3v) is 13.4. The number of nitrogens with one attached hydrogen (secondary N) is 6. The van der Waals surface area contributed by atoms with Gasteiger partial charge in [-0.15, -0.1) is 0 Å². The van der Waals surface area contributed by atoms with Gasteiger partial charge in [0.15, 0.2) is 0 Å². The Balaban J connectivity index is 0.000000192. The Labute approximate surface area is 461 Å². The molecule has 10 aromatic rings. The largest absolute Gasteiger partial charge is 0.508 e. The summed E-state index contributed by atoms with van der Waals surface area (Å²) < 4.78 is 12.1. The van der Waals surface area contributed by atoms with Gasteiger partial charge in [0, 0.05) is 63.9 Å². The highest BCUT2D eigenvalue weighted by molar-refractivity contribution is 6.31. The van der Waals surface area contributed by atoms with Gasteiger partial charge in [0.05, 0.1) is 24.6 Å². The van der Waals surface area contributed by atoms with Crippen molar-refractivity contribution in [2.24, 2.45) is 0 Å². The van der Waals surface area contributed by atoms with E-state index in [9.17, 15) is 29.4 Å². The molecule has 0 aliphatic carbocycles. The number of hydrogen-bond acceptors (Lipinski definition) is 8. The molecule has 0 saturated heterocycles. The van der Waals surface area contributed by atoms with Crippen molar-refractivity contribution in [1.29, 1.82) is 0 Å². The first-order valence-electron chi connectivity index (χ1n) is 25.6. The molecule has 0 fully saturated rings. The van der Waals surface area contributed by atoms with Crippen molar-refractivity contribution in [3.05, 3.63) is 250 Å². The number of hydrogen-bond donors (Lipinski definition) is 8. The zero-order valence-corrected chi connectivity index (χ0v) is 43.9. The van der Waals surface area contributed by atoms with E-state index in [1.165, 1.54) is 0 Å². The van der Waals surface area contributed by atoms with Crippen LogP contribution < -0.4 is 30.7 Å². The standard InChI is InChI=1S/C33H31N3O4.C31H26ClN3O4/c1-22(24-7-3-2-4-8-24)21-34-32(38)26-13-16-29(31(20-26)40-18-17-23-11-14-27(37)15-12-23)36-33(39)30-19-25-9-5-6-10-28(25)35-30;32-25-7-3-1-6-23(25)19-33-30(37)22-11-14-27(29(18-22)39-16-15-20-9-12-24(36)13-10-20)35-31(38)28-17-21-5-2-4-8-26(21)34-28/h2-16,19-20,22,35,37H,17-18,21H2,1H3,(H,34,38)(H,36,39);1-14,17-18,34,36H,15-16,19H2,(H,33,37)(H,35,38). The maximum Gasteiger partial charge on any atom is 0.272 e. The van der Waals surface area contributed by atoms with E-state index in [1.54, 1.807) is 78.9 Å². The monoisotopic (exact) mass is 1070 g/mol. The molecule has 0 radical (unpaired) electrons. The molecule has 1 unspecified atom stereocenters. The molecule has 4 amide bonds. The van der Waals surface area contributed by atoms with E-state index >= 15 is 0 Å². The third-order valence-electron chi connectivity index (χ3n) is 13.0. The zero-order chi connectivity index (χ0) is 55.1. The number of carbonyl (C=O) groups is 4. The zero-order valence-electron chi connectivity index (χ0n) is 43.1. The van der Waals surface area contributed by atoms with Crippen molar-refractivity contribution >= 4 is 68.4 Å². The van der Waals surface area contributed by atoms with E-state index in [-0.39, 0.29) is 47.6 Å². The fraction of sp³-hybridized carbons (Fsp3) is 0.125. The summed E-state index contributed by atoms with van der Waals surface area (Å²) in [7, 11) is 0. The van der Waals surface area contributed by atoms with Crippen molar-refractivity contribution in [3.8, 4) is 23.0 Å². The number of para-hydroxylation sites is 2. The van der Waals surface area contributed by atoms with Crippen LogP contribution in [0.2, 0.25) is 5.02 Å². The highest BCUT2D eigenvalue weighted by Gasteiger charge is 2.19. The molecule has 14 nitrogen and oxygen atoms in total. The number of aromatic nitrogens is 2. The van der Waals surface area contributed by atoms with Gasteiger partial charge in [-0.05, 0) is 119 Å². The average molecular weight is 1070 g/mol. The number of amides is 4. The number of phenolic OH excluding ortho intramolecular Hbond substituents is 2. The summed E-state index contributed by atoms with van der Waals surface area (Å²) in [6.07, 6.45) is 1.15. The summed E-state index contributed by atoms with van der Waals surface area (Å²) >= 11 is 6.21. The molecule has 1 atom stereocenters. The summed E-state index contributed by atoms with van der Waals surface area (Å²) in [6.45, 7) is 3.43. The first kappa shape index (κ1) is 54.0. The normalized spacial score (nSPS) is 11.2. The number of H-pyrrole nitrogens is 2. The number of phenols is 2. The maximum absolute atomic E-state index is 13.1. The number of benzene rings is 8. The molecule has 398 valence electrons. The lowest BCUT2D eigenvalue weighted by Crippen LogP contribution is -2.27. The number of carbonyl (C=O) groups excluding carboxylic acids is 4. The van der Waals surface area contributed by atoms with Gasteiger partial charge in [0.25, 0.3) is 23.6 Å². The topological polar surface area (TPSA) is 207 Å². The minimum absolute atomic E-state index is 0.154. The molecule has 0 spiro atoms. The van der Waals surface area contributed by atoms with E-state index in [0.29, 0.717) is 83.0 Å². The van der Waals surface area contributed by atoms with Crippen molar-refractivity contribution < 1.29 is 38.9 Å². The average Bonchev–Trinajstić information content (AvgIpc) is 4.13. The number of anilines is 2. The number of aromatic hydroxyl groups is 2. The van der Waals surface area contributed by atoms with Crippen molar-refractivity contribution in [1.82, 2.24) is 20.6 Å². The smallest absolute Gasteiger partial charge is 0.272 e. The van der Waals surface area contributed by atoms with E-state index < -0.39 is 0 Å². The fourth-order valence-corrected chi connectivity index (χ4v) is 8.80. The second-order valence-electron chi connectivity index (χ2n) is 18.7. The Morgan fingerprint density at radius 1 is 0.506 bits per heavy atom. The number of halogens is 1. The predicted molar refractivity (Wildman–Crippen MR) is 310 cm³/mol. The summed E-state index contributed by atoms with van der Waals surface area (Å²) in [4.78, 5) is 58.4. The van der Waals surface area contributed by atoms with Crippen LogP contribution in [0.4, 0.5) is 11.4 Å². The molecule has 79 heavy (non-hydrogen) atoms. The molecule has 0 aliphatic heterocycles. The quantitative estimate of drug-likeness (QED) is 0.0390. The maximum atomic E-state index is 13.1. The van der Waals surface area contributed by atoms with Crippen LogP contribution in [0.5, 0.6) is 23.0 Å². The SMILES string of the molecule is CC(CNC(=O)c1ccc(NC(=O)c2cc3ccccc3[nH]2)c(OCCc2ccc(O)cc2)c1)c1ccccc1.O=C(NCc1ccccc1Cl)c1ccc(NC(=O)c2cc3ccccc3[nH]2)c(OCCc2ccc(O)cc2)c1. The lowest BCUT2D eigenvalue weighted by molar-refractivity contribution is 0.0943. The molecular formula is C64H57ClN6O8. The van der Waals surface area contributed by atoms with Crippen LogP contribution in [0.25, 0.3) is 21.8 Å². The number of aromatic amines is 2. The van der Waals surface area contributed by atoms with Gasteiger partial charge >= 0.3 is 0 Å². The number of rotatable bonds is 19. The van der Waals surface area contributed by atoms with Crippen LogP contribution in [0.3, 0.4) is 0 Å². The predicted octanol–water partition coefficient (Wildman–Crippen LogP) is 12.6. The van der Waals surface area contributed by atoms with Gasteiger partial charge < -0.3 is 50.9 Å². The van der Waals surface area contributed by atoms with E-state index in [4.69, 9.17) is 21.1 Å². The Morgan fingerprint density at radius 2 is 0.962 bits per heavy atom. The summed E-state index contributed by atoms with van der Waals surface area (Å²) in [6, 6.07) is 59.9. The Kier molecular flexibility index (Phi) is 17.7. The van der Waals surface area contributed by atoms with Crippen LogP contribution in [-0.4, -0.2) is 63.6 Å². The molecule has 8 aromatic carbocycles. The molecule has 0 bridgehead atoms. The fourth-order valence-electron chi connectivity index (χ4n) is 8.59. The van der Waals surface area contributed by atoms with Gasteiger partial charge in [-0.2, -0.15) is 0 Å². The van der Waals surface area contributed by atoms with Crippen LogP contribution in [0.1, 0.15) is 76.8 Å². The summed E-state index contributed by atoms with van der Waals surface area (Å²) in [5.41, 5.74) is 8.20. The number of fused-ring (bicyclic) bond motifs is 2. The molecule has 15 heteroatoms. The van der Waals surface area contributed by atoms with Crippen LogP contribution >= 0.6 is 11.6 Å². The minimum atomic E-state index is -0.328. The van der Waals surface area contributed by atoms with Gasteiger partial charge in [0.2, 0.25) is 0 Å². The van der Waals surface area contributed by atoms with Crippen LogP contribution in [0.15, 0.2) is 200 Å². The Hall–Kier alpha value is -9.79. The second kappa shape index (κ2) is 25.8. The van der Waals surface area contributed by atoms with Gasteiger partial charge in [-0.25, -0.2) is 0 Å². The van der Waals surface area contributed by atoms with Gasteiger partial charge in [0.1, 0.15) is 34.4 Å². The molecule has 2 aromatic heterocycles. The summed E-state index contributed by atoms with van der Waals surface area (Å²) in [5, 5.41) is 33.2. The second-order valence-corrected chi connectivity index (χ2v) is 19.1. The van der Waals surface area contributed by atoms with Crippen molar-refractivity contribution in [3.63, 3.8) is 0 Å². The van der Waals surface area contributed by atoms with E-state index in [0.717, 1.165) is 44.1 Å². The lowest BCUT2D eigenvalue weighted by atomic mass is 10.0. The van der Waals surface area contributed by atoms with Gasteiger partial charge in [-0.3, -0.25) is 19.2 Å². The minimum Gasteiger partial charge on any atom is -0.508 e. The molecule has 2 heterocycles. The van der Waals surface area contributed by atoms with Crippen LogP contribution in [-0.2, 0) is 19.4 Å². The highest BCUT2D eigenvalue weighted by Crippen LogP contribution is 2.30.